The number of oxazole rings is 1. The van der Waals surface area contributed by atoms with Crippen molar-refractivity contribution in [2.75, 3.05) is 7.05 Å². The van der Waals surface area contributed by atoms with E-state index >= 15 is 0 Å². The molecular formula is C24H19BrN2O2. The predicted octanol–water partition coefficient (Wildman–Crippen LogP) is 6.04. The monoisotopic (exact) mass is 446 g/mol. The molecule has 144 valence electrons. The Morgan fingerprint density at radius 3 is 2.55 bits per heavy atom. The molecule has 0 aliphatic heterocycles. The Labute approximate surface area is 178 Å². The second-order valence-corrected chi connectivity index (χ2v) is 7.65. The van der Waals surface area contributed by atoms with E-state index in [1.165, 1.54) is 0 Å². The maximum Gasteiger partial charge on any atom is 0.254 e. The van der Waals surface area contributed by atoms with E-state index in [9.17, 15) is 4.79 Å². The van der Waals surface area contributed by atoms with Crippen LogP contribution in [0.3, 0.4) is 0 Å². The van der Waals surface area contributed by atoms with E-state index in [1.54, 1.807) is 18.1 Å². The van der Waals surface area contributed by atoms with Crippen molar-refractivity contribution < 1.29 is 9.21 Å². The van der Waals surface area contributed by atoms with Gasteiger partial charge < -0.3 is 9.32 Å². The van der Waals surface area contributed by atoms with Crippen molar-refractivity contribution in [3.8, 4) is 22.8 Å². The van der Waals surface area contributed by atoms with Crippen molar-refractivity contribution in [3.63, 3.8) is 0 Å². The highest BCUT2D eigenvalue weighted by molar-refractivity contribution is 9.10. The Balaban J connectivity index is 1.63. The van der Waals surface area contributed by atoms with Gasteiger partial charge in [0.15, 0.2) is 5.76 Å². The van der Waals surface area contributed by atoms with Crippen LogP contribution >= 0.6 is 15.9 Å². The third-order valence-corrected chi connectivity index (χ3v) is 5.11. The van der Waals surface area contributed by atoms with E-state index in [2.05, 4.69) is 20.9 Å². The number of halogens is 1. The van der Waals surface area contributed by atoms with Gasteiger partial charge in [0.25, 0.3) is 5.91 Å². The number of hydrogen-bond donors (Lipinski definition) is 0. The van der Waals surface area contributed by atoms with E-state index in [1.807, 2.05) is 78.9 Å². The normalized spacial score (nSPS) is 10.7. The molecule has 0 bridgehead atoms. The van der Waals surface area contributed by atoms with Crippen LogP contribution in [-0.2, 0) is 6.54 Å². The molecule has 1 aromatic heterocycles. The minimum atomic E-state index is -0.0772. The van der Waals surface area contributed by atoms with Gasteiger partial charge in [-0.15, -0.1) is 0 Å². The Morgan fingerprint density at radius 2 is 1.76 bits per heavy atom. The molecule has 0 atom stereocenters. The third-order valence-electron chi connectivity index (χ3n) is 4.61. The second kappa shape index (κ2) is 8.45. The summed E-state index contributed by atoms with van der Waals surface area (Å²) in [6, 6.07) is 25.1. The van der Waals surface area contributed by atoms with Gasteiger partial charge >= 0.3 is 0 Å². The van der Waals surface area contributed by atoms with Gasteiger partial charge in [0.1, 0.15) is 0 Å². The molecule has 0 fully saturated rings. The van der Waals surface area contributed by atoms with Gasteiger partial charge in [0, 0.05) is 29.2 Å². The van der Waals surface area contributed by atoms with Crippen LogP contribution in [0.25, 0.3) is 22.8 Å². The summed E-state index contributed by atoms with van der Waals surface area (Å²) in [7, 11) is 1.80. The van der Waals surface area contributed by atoms with Crippen LogP contribution in [0.2, 0.25) is 0 Å². The first-order chi connectivity index (χ1) is 14.1. The molecule has 4 nitrogen and oxygen atoms in total. The van der Waals surface area contributed by atoms with Crippen LogP contribution in [0.1, 0.15) is 15.9 Å². The summed E-state index contributed by atoms with van der Waals surface area (Å²) in [5, 5.41) is 0. The van der Waals surface area contributed by atoms with Gasteiger partial charge in [0.05, 0.1) is 11.8 Å². The number of hydrogen-bond acceptors (Lipinski definition) is 3. The fourth-order valence-corrected chi connectivity index (χ4v) is 3.56. The van der Waals surface area contributed by atoms with Crippen molar-refractivity contribution >= 4 is 21.8 Å². The SMILES string of the molecule is CN(Cc1ccccc1)C(=O)c1ccccc1-c1ncc(-c2cccc(Br)c2)o1. The van der Waals surface area contributed by atoms with Gasteiger partial charge in [-0.25, -0.2) is 4.98 Å². The largest absolute Gasteiger partial charge is 0.436 e. The van der Waals surface area contributed by atoms with Crippen molar-refractivity contribution in [2.24, 2.45) is 0 Å². The highest BCUT2D eigenvalue weighted by Crippen LogP contribution is 2.30. The average molecular weight is 447 g/mol. The fourth-order valence-electron chi connectivity index (χ4n) is 3.16. The smallest absolute Gasteiger partial charge is 0.254 e. The summed E-state index contributed by atoms with van der Waals surface area (Å²) in [6.45, 7) is 0.531. The molecule has 29 heavy (non-hydrogen) atoms. The molecule has 0 saturated heterocycles. The molecule has 4 aromatic rings. The molecule has 0 unspecified atom stereocenters. The Bertz CT molecular complexity index is 1140. The average Bonchev–Trinajstić information content (AvgIpc) is 3.24. The lowest BCUT2D eigenvalue weighted by Gasteiger charge is -2.18. The zero-order valence-corrected chi connectivity index (χ0v) is 17.5. The summed E-state index contributed by atoms with van der Waals surface area (Å²) in [6.07, 6.45) is 1.69. The van der Waals surface area contributed by atoms with Crippen molar-refractivity contribution in [2.45, 2.75) is 6.54 Å². The van der Waals surface area contributed by atoms with E-state index in [4.69, 9.17) is 4.42 Å². The zero-order valence-electron chi connectivity index (χ0n) is 15.9. The minimum absolute atomic E-state index is 0.0772. The number of benzene rings is 3. The number of carbonyl (C=O) groups excluding carboxylic acids is 1. The maximum absolute atomic E-state index is 13.1. The van der Waals surface area contributed by atoms with Gasteiger partial charge in [-0.05, 0) is 29.8 Å². The molecule has 0 N–H and O–H groups in total. The molecule has 1 amide bonds. The maximum atomic E-state index is 13.1. The molecule has 0 spiro atoms. The first-order valence-corrected chi connectivity index (χ1v) is 10.0. The van der Waals surface area contributed by atoms with Gasteiger partial charge in [0.2, 0.25) is 5.89 Å². The molecular weight excluding hydrogens is 428 g/mol. The third kappa shape index (κ3) is 4.30. The van der Waals surface area contributed by atoms with Crippen LogP contribution in [0, 0.1) is 0 Å². The lowest BCUT2D eigenvalue weighted by Crippen LogP contribution is -2.26. The lowest BCUT2D eigenvalue weighted by molar-refractivity contribution is 0.0785. The van der Waals surface area contributed by atoms with Crippen LogP contribution < -0.4 is 0 Å². The molecule has 0 saturated carbocycles. The Hall–Kier alpha value is -3.18. The van der Waals surface area contributed by atoms with Crippen LogP contribution in [-0.4, -0.2) is 22.8 Å². The topological polar surface area (TPSA) is 46.3 Å². The van der Waals surface area contributed by atoms with Crippen LogP contribution in [0.15, 0.2) is 93.9 Å². The highest BCUT2D eigenvalue weighted by atomic mass is 79.9. The second-order valence-electron chi connectivity index (χ2n) is 6.73. The first-order valence-electron chi connectivity index (χ1n) is 9.22. The van der Waals surface area contributed by atoms with E-state index in [0.717, 1.165) is 15.6 Å². The standard InChI is InChI=1S/C24H19BrN2O2/c1-27(16-17-8-3-2-4-9-17)24(28)21-13-6-5-12-20(21)23-26-15-22(29-23)18-10-7-11-19(25)14-18/h2-15H,16H2,1H3. The summed E-state index contributed by atoms with van der Waals surface area (Å²) >= 11 is 3.47. The molecule has 0 aliphatic carbocycles. The summed E-state index contributed by atoms with van der Waals surface area (Å²) < 4.78 is 6.96. The van der Waals surface area contributed by atoms with Crippen LogP contribution in [0.4, 0.5) is 0 Å². The molecule has 1 heterocycles. The molecule has 5 heteroatoms. The number of rotatable bonds is 5. The van der Waals surface area contributed by atoms with E-state index in [-0.39, 0.29) is 5.91 Å². The number of carbonyl (C=O) groups is 1. The molecule has 3 aromatic carbocycles. The molecule has 0 aliphatic rings. The summed E-state index contributed by atoms with van der Waals surface area (Å²) in [5.74, 6) is 1.00. The fraction of sp³-hybridized carbons (Fsp3) is 0.0833. The summed E-state index contributed by atoms with van der Waals surface area (Å²) in [4.78, 5) is 19.2. The Kier molecular flexibility index (Phi) is 5.58. The Morgan fingerprint density at radius 1 is 1.00 bits per heavy atom. The van der Waals surface area contributed by atoms with E-state index < -0.39 is 0 Å². The van der Waals surface area contributed by atoms with E-state index in [0.29, 0.717) is 29.3 Å². The van der Waals surface area contributed by atoms with Gasteiger partial charge in [-0.2, -0.15) is 0 Å². The van der Waals surface area contributed by atoms with Crippen molar-refractivity contribution in [3.05, 3.63) is 101 Å². The minimum Gasteiger partial charge on any atom is -0.436 e. The molecule has 0 radical (unpaired) electrons. The first kappa shape index (κ1) is 19.2. The van der Waals surface area contributed by atoms with Crippen molar-refractivity contribution in [1.29, 1.82) is 0 Å². The predicted molar refractivity (Wildman–Crippen MR) is 117 cm³/mol. The van der Waals surface area contributed by atoms with Gasteiger partial charge in [-0.3, -0.25) is 4.79 Å². The zero-order chi connectivity index (χ0) is 20.2. The number of nitrogens with zero attached hydrogens (tertiary/aromatic N) is 2. The quantitative estimate of drug-likeness (QED) is 0.375. The highest BCUT2D eigenvalue weighted by Gasteiger charge is 2.20. The summed E-state index contributed by atoms with van der Waals surface area (Å²) in [5.41, 5.74) is 3.24. The van der Waals surface area contributed by atoms with Crippen LogP contribution in [0.5, 0.6) is 0 Å². The molecule has 4 rings (SSSR count). The van der Waals surface area contributed by atoms with Gasteiger partial charge in [-0.1, -0.05) is 70.5 Å². The lowest BCUT2D eigenvalue weighted by atomic mass is 10.1. The van der Waals surface area contributed by atoms with Crippen molar-refractivity contribution in [1.82, 2.24) is 9.88 Å². The number of amides is 1. The number of aromatic nitrogens is 1.